The number of fused-ring (bicyclic) bond motifs is 1. The van der Waals surface area contributed by atoms with Crippen molar-refractivity contribution < 1.29 is 4.79 Å². The monoisotopic (exact) mass is 390 g/mol. The zero-order valence-corrected chi connectivity index (χ0v) is 16.7. The molecule has 2 aromatic carbocycles. The van der Waals surface area contributed by atoms with Crippen LogP contribution in [0.3, 0.4) is 0 Å². The second kappa shape index (κ2) is 8.47. The van der Waals surface area contributed by atoms with Gasteiger partial charge in [0.05, 0.1) is 28.6 Å². The summed E-state index contributed by atoms with van der Waals surface area (Å²) in [5.74, 6) is -0.233. The van der Waals surface area contributed by atoms with Crippen molar-refractivity contribution in [2.45, 2.75) is 39.2 Å². The topological polar surface area (TPSA) is 67.2 Å². The maximum absolute atomic E-state index is 12.8. The lowest BCUT2D eigenvalue weighted by Gasteiger charge is -2.25. The third kappa shape index (κ3) is 4.16. The summed E-state index contributed by atoms with van der Waals surface area (Å²) >= 11 is 0. The molecule has 6 heteroatoms. The molecule has 0 unspecified atom stereocenters. The first-order valence-corrected chi connectivity index (χ1v) is 10.2. The SMILES string of the molecule is Cc1cccc2c(=O)n(CC(=O)Nc3ccccc3N3CCCCCC3)cnc12. The molecule has 0 spiro atoms. The molecule has 1 aliphatic heterocycles. The molecule has 6 nitrogen and oxygen atoms in total. The largest absolute Gasteiger partial charge is 0.370 e. The molecule has 3 aromatic rings. The van der Waals surface area contributed by atoms with Crippen LogP contribution in [0.5, 0.6) is 0 Å². The van der Waals surface area contributed by atoms with Gasteiger partial charge in [-0.2, -0.15) is 0 Å². The molecular formula is C23H26N4O2. The van der Waals surface area contributed by atoms with Gasteiger partial charge in [0.15, 0.2) is 0 Å². The molecular weight excluding hydrogens is 364 g/mol. The quantitative estimate of drug-likeness (QED) is 0.737. The maximum atomic E-state index is 12.8. The van der Waals surface area contributed by atoms with Gasteiger partial charge >= 0.3 is 0 Å². The summed E-state index contributed by atoms with van der Waals surface area (Å²) in [6.45, 7) is 3.86. The molecule has 1 N–H and O–H groups in total. The van der Waals surface area contributed by atoms with E-state index in [1.807, 2.05) is 43.3 Å². The van der Waals surface area contributed by atoms with Gasteiger partial charge < -0.3 is 10.2 Å². The van der Waals surface area contributed by atoms with E-state index in [2.05, 4.69) is 15.2 Å². The Hall–Kier alpha value is -3.15. The fraction of sp³-hybridized carbons (Fsp3) is 0.348. The van der Waals surface area contributed by atoms with E-state index in [1.165, 1.54) is 36.6 Å². The number of hydrogen-bond acceptors (Lipinski definition) is 4. The molecule has 150 valence electrons. The van der Waals surface area contributed by atoms with Gasteiger partial charge in [0, 0.05) is 13.1 Å². The van der Waals surface area contributed by atoms with E-state index in [4.69, 9.17) is 0 Å². The van der Waals surface area contributed by atoms with E-state index in [0.717, 1.165) is 30.0 Å². The highest BCUT2D eigenvalue weighted by molar-refractivity contribution is 5.94. The lowest BCUT2D eigenvalue weighted by Crippen LogP contribution is -2.29. The smallest absolute Gasteiger partial charge is 0.261 e. The highest BCUT2D eigenvalue weighted by Crippen LogP contribution is 2.28. The third-order valence-corrected chi connectivity index (χ3v) is 5.49. The number of nitrogens with zero attached hydrogens (tertiary/aromatic N) is 3. The van der Waals surface area contributed by atoms with Crippen molar-refractivity contribution in [3.05, 3.63) is 64.7 Å². The first kappa shape index (κ1) is 19.2. The Labute approximate surface area is 170 Å². The first-order chi connectivity index (χ1) is 14.1. The Morgan fingerprint density at radius 1 is 1.03 bits per heavy atom. The number of aryl methyl sites for hydroxylation is 1. The van der Waals surface area contributed by atoms with Gasteiger partial charge in [-0.1, -0.05) is 37.1 Å². The van der Waals surface area contributed by atoms with Crippen molar-refractivity contribution in [2.75, 3.05) is 23.3 Å². The Kier molecular flexibility index (Phi) is 5.60. The number of benzene rings is 2. The molecule has 1 fully saturated rings. The first-order valence-electron chi connectivity index (χ1n) is 10.2. The minimum absolute atomic E-state index is 0.0654. The Balaban J connectivity index is 1.54. The molecule has 1 saturated heterocycles. The zero-order chi connectivity index (χ0) is 20.2. The van der Waals surface area contributed by atoms with Crippen LogP contribution in [0.1, 0.15) is 31.2 Å². The summed E-state index contributed by atoms with van der Waals surface area (Å²) in [7, 11) is 0. The Bertz CT molecular complexity index is 1080. The summed E-state index contributed by atoms with van der Waals surface area (Å²) < 4.78 is 1.37. The van der Waals surface area contributed by atoms with Gasteiger partial charge in [-0.05, 0) is 43.5 Å². The molecule has 1 aromatic heterocycles. The van der Waals surface area contributed by atoms with Crippen LogP contribution in [0.15, 0.2) is 53.6 Å². The second-order valence-electron chi connectivity index (χ2n) is 7.62. The molecule has 2 heterocycles. The van der Waals surface area contributed by atoms with Gasteiger partial charge in [0.25, 0.3) is 5.56 Å². The van der Waals surface area contributed by atoms with Gasteiger partial charge in [-0.25, -0.2) is 4.98 Å². The summed E-state index contributed by atoms with van der Waals surface area (Å²) in [4.78, 5) is 32.2. The van der Waals surface area contributed by atoms with Gasteiger partial charge in [-0.15, -0.1) is 0 Å². The van der Waals surface area contributed by atoms with Crippen LogP contribution < -0.4 is 15.8 Å². The van der Waals surface area contributed by atoms with E-state index in [0.29, 0.717) is 10.9 Å². The summed E-state index contributed by atoms with van der Waals surface area (Å²) in [5, 5.41) is 3.53. The lowest BCUT2D eigenvalue weighted by atomic mass is 10.1. The minimum Gasteiger partial charge on any atom is -0.370 e. The third-order valence-electron chi connectivity index (χ3n) is 5.49. The van der Waals surface area contributed by atoms with E-state index >= 15 is 0 Å². The number of nitrogens with one attached hydrogen (secondary N) is 1. The molecule has 0 bridgehead atoms. The number of amides is 1. The number of hydrogen-bond donors (Lipinski definition) is 1. The van der Waals surface area contributed by atoms with Crippen molar-refractivity contribution in [3.8, 4) is 0 Å². The van der Waals surface area contributed by atoms with Gasteiger partial charge in [0.1, 0.15) is 6.54 Å². The van der Waals surface area contributed by atoms with Crippen LogP contribution in [-0.4, -0.2) is 28.5 Å². The summed E-state index contributed by atoms with van der Waals surface area (Å²) in [6, 6.07) is 13.4. The van der Waals surface area contributed by atoms with Crippen molar-refractivity contribution in [3.63, 3.8) is 0 Å². The molecule has 0 saturated carbocycles. The molecule has 0 radical (unpaired) electrons. The van der Waals surface area contributed by atoms with Crippen LogP contribution >= 0.6 is 0 Å². The van der Waals surface area contributed by atoms with Crippen LogP contribution in [0.2, 0.25) is 0 Å². The number of para-hydroxylation sites is 3. The van der Waals surface area contributed by atoms with Crippen molar-refractivity contribution in [2.24, 2.45) is 0 Å². The van der Waals surface area contributed by atoms with E-state index in [1.54, 1.807) is 6.07 Å². The predicted molar refractivity (Wildman–Crippen MR) is 116 cm³/mol. The molecule has 4 rings (SSSR count). The second-order valence-corrected chi connectivity index (χ2v) is 7.62. The summed E-state index contributed by atoms with van der Waals surface area (Å²) in [5.41, 5.74) is 3.26. The summed E-state index contributed by atoms with van der Waals surface area (Å²) in [6.07, 6.45) is 6.29. The van der Waals surface area contributed by atoms with Crippen LogP contribution in [0.4, 0.5) is 11.4 Å². The predicted octanol–water partition coefficient (Wildman–Crippen LogP) is 3.72. The number of carbonyl (C=O) groups excluding carboxylic acids is 1. The van der Waals surface area contributed by atoms with E-state index < -0.39 is 0 Å². The lowest BCUT2D eigenvalue weighted by molar-refractivity contribution is -0.116. The van der Waals surface area contributed by atoms with Crippen molar-refractivity contribution in [1.29, 1.82) is 0 Å². The minimum atomic E-state index is -0.233. The Morgan fingerprint density at radius 3 is 2.59 bits per heavy atom. The van der Waals surface area contributed by atoms with Crippen LogP contribution in [0, 0.1) is 6.92 Å². The van der Waals surface area contributed by atoms with Crippen molar-refractivity contribution >= 4 is 28.2 Å². The molecule has 1 aliphatic rings. The maximum Gasteiger partial charge on any atom is 0.261 e. The number of rotatable bonds is 4. The highest BCUT2D eigenvalue weighted by Gasteiger charge is 2.15. The van der Waals surface area contributed by atoms with Crippen LogP contribution in [0.25, 0.3) is 10.9 Å². The zero-order valence-electron chi connectivity index (χ0n) is 16.7. The molecule has 29 heavy (non-hydrogen) atoms. The number of anilines is 2. The molecule has 1 amide bonds. The molecule has 0 atom stereocenters. The molecule has 0 aliphatic carbocycles. The van der Waals surface area contributed by atoms with Crippen molar-refractivity contribution in [1.82, 2.24) is 9.55 Å². The standard InChI is InChI=1S/C23H26N4O2/c1-17-9-8-10-18-22(17)24-16-27(23(18)29)15-21(28)25-19-11-4-5-12-20(19)26-13-6-2-3-7-14-26/h4-5,8-12,16H,2-3,6-7,13-15H2,1H3,(H,25,28). The van der Waals surface area contributed by atoms with Gasteiger partial charge in [0.2, 0.25) is 5.91 Å². The Morgan fingerprint density at radius 2 is 1.79 bits per heavy atom. The highest BCUT2D eigenvalue weighted by atomic mass is 16.2. The normalized spacial score (nSPS) is 14.6. The van der Waals surface area contributed by atoms with Gasteiger partial charge in [-0.3, -0.25) is 14.2 Å². The van der Waals surface area contributed by atoms with E-state index in [9.17, 15) is 9.59 Å². The van der Waals surface area contributed by atoms with Crippen LogP contribution in [-0.2, 0) is 11.3 Å². The van der Waals surface area contributed by atoms with E-state index in [-0.39, 0.29) is 18.0 Å². The average molecular weight is 390 g/mol. The average Bonchev–Trinajstić information content (AvgIpc) is 3.00. The fourth-order valence-electron chi connectivity index (χ4n) is 3.96. The fourth-order valence-corrected chi connectivity index (χ4v) is 3.96. The number of aromatic nitrogens is 2. The number of carbonyl (C=O) groups is 1.